The van der Waals surface area contributed by atoms with E-state index in [4.69, 9.17) is 16.8 Å². The minimum absolute atomic E-state index is 0.168. The van der Waals surface area contributed by atoms with E-state index >= 15 is 0 Å². The molecule has 0 bridgehead atoms. The quantitative estimate of drug-likeness (QED) is 0.631. The van der Waals surface area contributed by atoms with E-state index in [2.05, 4.69) is 5.92 Å². The number of rotatable bonds is 4. The first-order valence-electron chi connectivity index (χ1n) is 5.03. The smallest absolute Gasteiger partial charge is 0.327 e. The fraction of sp³-hybridized carbons (Fsp3) is 0.143. The summed E-state index contributed by atoms with van der Waals surface area (Å²) in [4.78, 5) is 10.3. The lowest BCUT2D eigenvalue weighted by Gasteiger charge is -2.07. The second-order valence-electron chi connectivity index (χ2n) is 3.43. The summed E-state index contributed by atoms with van der Waals surface area (Å²) >= 11 is 0. The van der Waals surface area contributed by atoms with Crippen molar-refractivity contribution in [3.63, 3.8) is 0 Å². The van der Waals surface area contributed by atoms with E-state index in [-0.39, 0.29) is 5.92 Å². The topological polar surface area (TPSA) is 61.1 Å². The van der Waals surface area contributed by atoms with E-state index in [0.29, 0.717) is 12.0 Å². The summed E-state index contributed by atoms with van der Waals surface area (Å²) in [6.07, 6.45) is 8.47. The molecule has 1 aromatic rings. The van der Waals surface area contributed by atoms with Crippen molar-refractivity contribution in [1.82, 2.24) is 0 Å². The monoisotopic (exact) mass is 225 g/mol. The zero-order valence-corrected chi connectivity index (χ0v) is 9.13. The highest BCUT2D eigenvalue weighted by Gasteiger charge is 2.06. The number of terminal acetylenes is 1. The summed E-state index contributed by atoms with van der Waals surface area (Å²) < 4.78 is 0. The number of nitrogens with zero attached hydrogens (tertiary/aromatic N) is 1. The van der Waals surface area contributed by atoms with E-state index in [0.717, 1.165) is 11.6 Å². The molecule has 84 valence electrons. The molecular weight excluding hydrogens is 214 g/mol. The van der Waals surface area contributed by atoms with Crippen LogP contribution in [0.4, 0.5) is 0 Å². The number of hydrogen-bond donors (Lipinski definition) is 1. The molecule has 0 saturated heterocycles. The van der Waals surface area contributed by atoms with Crippen molar-refractivity contribution in [3.05, 3.63) is 47.5 Å². The number of carbonyl (C=O) groups is 1. The Morgan fingerprint density at radius 1 is 1.47 bits per heavy atom. The lowest BCUT2D eigenvalue weighted by atomic mass is 9.95. The van der Waals surface area contributed by atoms with Gasteiger partial charge in [0.2, 0.25) is 0 Å². The van der Waals surface area contributed by atoms with Crippen molar-refractivity contribution in [2.75, 3.05) is 0 Å². The van der Waals surface area contributed by atoms with Gasteiger partial charge < -0.3 is 5.11 Å². The van der Waals surface area contributed by atoms with Gasteiger partial charge in [0, 0.05) is 12.0 Å². The predicted octanol–water partition coefficient (Wildman–Crippen LogP) is 2.31. The Labute approximate surface area is 100 Å². The molecule has 0 aromatic heterocycles. The molecule has 1 aromatic carbocycles. The van der Waals surface area contributed by atoms with Crippen LogP contribution in [0.25, 0.3) is 0 Å². The fourth-order valence-electron chi connectivity index (χ4n) is 1.40. The molecule has 17 heavy (non-hydrogen) atoms. The molecule has 0 spiro atoms. The van der Waals surface area contributed by atoms with E-state index in [1.165, 1.54) is 6.08 Å². The summed E-state index contributed by atoms with van der Waals surface area (Å²) in [5.41, 5.74) is 1.48. The SMILES string of the molecule is C#CC(C/C=C/C(=O)O)c1ccc(C#N)cc1. The van der Waals surface area contributed by atoms with Crippen molar-refractivity contribution in [2.24, 2.45) is 0 Å². The summed E-state index contributed by atoms with van der Waals surface area (Å²) in [7, 11) is 0. The Hall–Kier alpha value is -2.52. The predicted molar refractivity (Wildman–Crippen MR) is 64.1 cm³/mol. The molecule has 0 aliphatic heterocycles. The van der Waals surface area contributed by atoms with Gasteiger partial charge in [0.25, 0.3) is 0 Å². The Kier molecular flexibility index (Phi) is 4.54. The van der Waals surface area contributed by atoms with Gasteiger partial charge in [-0.2, -0.15) is 5.26 Å². The molecule has 0 heterocycles. The first-order valence-corrected chi connectivity index (χ1v) is 5.03. The van der Waals surface area contributed by atoms with E-state index in [1.807, 2.05) is 6.07 Å². The number of carboxylic acids is 1. The number of carboxylic acid groups (broad SMARTS) is 1. The van der Waals surface area contributed by atoms with Gasteiger partial charge in [-0.15, -0.1) is 6.42 Å². The number of hydrogen-bond acceptors (Lipinski definition) is 2. The second kappa shape index (κ2) is 6.15. The Morgan fingerprint density at radius 2 is 2.12 bits per heavy atom. The standard InChI is InChI=1S/C14H11NO2/c1-2-12(4-3-5-14(16)17)13-8-6-11(10-15)7-9-13/h1,3,5-9,12H,4H2,(H,16,17)/b5-3+. The van der Waals surface area contributed by atoms with Gasteiger partial charge >= 0.3 is 5.97 Å². The Balaban J connectivity index is 2.77. The molecule has 0 radical (unpaired) electrons. The van der Waals surface area contributed by atoms with Gasteiger partial charge in [-0.1, -0.05) is 24.1 Å². The number of allylic oxidation sites excluding steroid dienone is 1. The van der Waals surface area contributed by atoms with Crippen LogP contribution in [0.15, 0.2) is 36.4 Å². The van der Waals surface area contributed by atoms with E-state index in [9.17, 15) is 4.79 Å². The summed E-state index contributed by atoms with van der Waals surface area (Å²) in [6, 6.07) is 8.99. The molecule has 1 unspecified atom stereocenters. The van der Waals surface area contributed by atoms with Crippen molar-refractivity contribution in [3.8, 4) is 18.4 Å². The van der Waals surface area contributed by atoms with Gasteiger partial charge in [-0.25, -0.2) is 4.79 Å². The first-order chi connectivity index (χ1) is 8.17. The van der Waals surface area contributed by atoms with Crippen LogP contribution in [0.2, 0.25) is 0 Å². The molecule has 3 heteroatoms. The largest absolute Gasteiger partial charge is 0.478 e. The van der Waals surface area contributed by atoms with Crippen LogP contribution in [-0.2, 0) is 4.79 Å². The zero-order chi connectivity index (χ0) is 12.7. The van der Waals surface area contributed by atoms with Crippen molar-refractivity contribution in [1.29, 1.82) is 5.26 Å². The summed E-state index contributed by atoms with van der Waals surface area (Å²) in [5.74, 6) is 1.45. The molecule has 0 aliphatic carbocycles. The third-order valence-electron chi connectivity index (χ3n) is 2.28. The fourth-order valence-corrected chi connectivity index (χ4v) is 1.40. The zero-order valence-electron chi connectivity index (χ0n) is 9.13. The maximum Gasteiger partial charge on any atom is 0.327 e. The molecule has 0 aliphatic rings. The second-order valence-corrected chi connectivity index (χ2v) is 3.43. The molecule has 1 atom stereocenters. The average molecular weight is 225 g/mol. The highest BCUT2D eigenvalue weighted by Crippen LogP contribution is 2.19. The summed E-state index contributed by atoms with van der Waals surface area (Å²) in [6.45, 7) is 0. The molecule has 0 fully saturated rings. The average Bonchev–Trinajstić information content (AvgIpc) is 2.34. The normalized spacial score (nSPS) is 11.6. The lowest BCUT2D eigenvalue weighted by molar-refractivity contribution is -0.131. The van der Waals surface area contributed by atoms with Gasteiger partial charge in [0.05, 0.1) is 11.6 Å². The maximum atomic E-state index is 10.3. The first kappa shape index (κ1) is 12.5. The van der Waals surface area contributed by atoms with Crippen LogP contribution in [0.1, 0.15) is 23.5 Å². The van der Waals surface area contributed by atoms with Crippen LogP contribution in [0.5, 0.6) is 0 Å². The van der Waals surface area contributed by atoms with Gasteiger partial charge in [-0.3, -0.25) is 0 Å². The third-order valence-corrected chi connectivity index (χ3v) is 2.28. The van der Waals surface area contributed by atoms with Crippen LogP contribution in [-0.4, -0.2) is 11.1 Å². The molecule has 0 amide bonds. The summed E-state index contributed by atoms with van der Waals surface area (Å²) in [5, 5.41) is 17.1. The lowest BCUT2D eigenvalue weighted by Crippen LogP contribution is -1.95. The van der Waals surface area contributed by atoms with Crippen molar-refractivity contribution in [2.45, 2.75) is 12.3 Å². The van der Waals surface area contributed by atoms with Crippen LogP contribution < -0.4 is 0 Å². The molecule has 3 nitrogen and oxygen atoms in total. The highest BCUT2D eigenvalue weighted by atomic mass is 16.4. The van der Waals surface area contributed by atoms with Gasteiger partial charge in [0.1, 0.15) is 0 Å². The Morgan fingerprint density at radius 3 is 2.59 bits per heavy atom. The van der Waals surface area contributed by atoms with Crippen molar-refractivity contribution < 1.29 is 9.90 Å². The highest BCUT2D eigenvalue weighted by molar-refractivity contribution is 5.79. The van der Waals surface area contributed by atoms with E-state index in [1.54, 1.807) is 24.3 Å². The molecule has 1 N–H and O–H groups in total. The minimum Gasteiger partial charge on any atom is -0.478 e. The molecular formula is C14H11NO2. The van der Waals surface area contributed by atoms with Crippen LogP contribution in [0.3, 0.4) is 0 Å². The van der Waals surface area contributed by atoms with Gasteiger partial charge in [-0.05, 0) is 24.1 Å². The number of benzene rings is 1. The van der Waals surface area contributed by atoms with Crippen LogP contribution in [0, 0.1) is 23.7 Å². The van der Waals surface area contributed by atoms with E-state index < -0.39 is 5.97 Å². The number of nitriles is 1. The molecule has 1 rings (SSSR count). The third kappa shape index (κ3) is 3.85. The Bertz CT molecular complexity index is 501. The minimum atomic E-state index is -0.986. The van der Waals surface area contributed by atoms with Gasteiger partial charge in [0.15, 0.2) is 0 Å². The molecule has 0 saturated carbocycles. The maximum absolute atomic E-state index is 10.3. The van der Waals surface area contributed by atoms with Crippen molar-refractivity contribution >= 4 is 5.97 Å². The number of aliphatic carboxylic acids is 1. The van der Waals surface area contributed by atoms with Crippen LogP contribution >= 0.6 is 0 Å².